The van der Waals surface area contributed by atoms with Gasteiger partial charge in [0.05, 0.1) is 13.7 Å². The summed E-state index contributed by atoms with van der Waals surface area (Å²) in [4.78, 5) is 12.2. The van der Waals surface area contributed by atoms with E-state index in [1.807, 2.05) is 31.2 Å². The van der Waals surface area contributed by atoms with E-state index in [1.54, 1.807) is 18.2 Å². The summed E-state index contributed by atoms with van der Waals surface area (Å²) in [5.74, 6) is 0.980. The van der Waals surface area contributed by atoms with Gasteiger partial charge in [-0.1, -0.05) is 24.3 Å². The summed E-state index contributed by atoms with van der Waals surface area (Å²) >= 11 is 0. The molecule has 2 aromatic rings. The highest BCUT2D eigenvalue weighted by Gasteiger charge is 2.39. The van der Waals surface area contributed by atoms with E-state index >= 15 is 0 Å². The molecule has 0 bridgehead atoms. The second-order valence-corrected chi connectivity index (χ2v) is 6.45. The number of rotatable bonds is 8. The Morgan fingerprint density at radius 2 is 2.00 bits per heavy atom. The number of amides is 1. The zero-order chi connectivity index (χ0) is 18.5. The van der Waals surface area contributed by atoms with Gasteiger partial charge in [-0.2, -0.15) is 0 Å². The standard InChI is InChI=1S/C21H24FNO3/c1-3-26-16-10-7-14(8-11-16)17-13-18(17)23-20(24)12-9-15-5-4-6-19(25-2)21(15)22/h4-8,10-11,17-18H,3,9,12-13H2,1-2H3,(H,23,24)/t17-,18+/m0/s1. The number of benzene rings is 2. The van der Waals surface area contributed by atoms with Crippen LogP contribution in [0.2, 0.25) is 0 Å². The van der Waals surface area contributed by atoms with Crippen molar-refractivity contribution < 1.29 is 18.7 Å². The molecule has 0 radical (unpaired) electrons. The zero-order valence-electron chi connectivity index (χ0n) is 15.1. The fourth-order valence-electron chi connectivity index (χ4n) is 3.13. The number of methoxy groups -OCH3 is 1. The zero-order valence-corrected chi connectivity index (χ0v) is 15.1. The van der Waals surface area contributed by atoms with Crippen LogP contribution in [-0.2, 0) is 11.2 Å². The van der Waals surface area contributed by atoms with E-state index in [2.05, 4.69) is 5.32 Å². The Morgan fingerprint density at radius 3 is 2.69 bits per heavy atom. The van der Waals surface area contributed by atoms with Crippen molar-refractivity contribution in [2.75, 3.05) is 13.7 Å². The molecule has 2 atom stereocenters. The van der Waals surface area contributed by atoms with Crippen LogP contribution in [0.5, 0.6) is 11.5 Å². The van der Waals surface area contributed by atoms with Crippen LogP contribution >= 0.6 is 0 Å². The lowest BCUT2D eigenvalue weighted by Crippen LogP contribution is -2.26. The van der Waals surface area contributed by atoms with Crippen molar-refractivity contribution in [2.24, 2.45) is 0 Å². The third kappa shape index (κ3) is 4.34. The van der Waals surface area contributed by atoms with E-state index in [0.717, 1.165) is 12.2 Å². The van der Waals surface area contributed by atoms with Crippen molar-refractivity contribution in [3.05, 3.63) is 59.4 Å². The minimum Gasteiger partial charge on any atom is -0.494 e. The Labute approximate surface area is 153 Å². The third-order valence-electron chi connectivity index (χ3n) is 4.64. The van der Waals surface area contributed by atoms with Crippen molar-refractivity contribution in [1.29, 1.82) is 0 Å². The number of hydrogen-bond acceptors (Lipinski definition) is 3. The number of ether oxygens (including phenoxy) is 2. The largest absolute Gasteiger partial charge is 0.494 e. The normalized spacial score (nSPS) is 18.3. The van der Waals surface area contributed by atoms with Crippen molar-refractivity contribution in [3.8, 4) is 11.5 Å². The predicted octanol–water partition coefficient (Wildman–Crippen LogP) is 3.84. The molecule has 1 amide bonds. The summed E-state index contributed by atoms with van der Waals surface area (Å²) in [5.41, 5.74) is 1.70. The molecule has 0 saturated heterocycles. The minimum atomic E-state index is -0.388. The average molecular weight is 357 g/mol. The maximum Gasteiger partial charge on any atom is 0.220 e. The van der Waals surface area contributed by atoms with E-state index in [-0.39, 0.29) is 29.9 Å². The molecule has 0 heterocycles. The number of nitrogens with one attached hydrogen (secondary N) is 1. The molecule has 1 aliphatic rings. The van der Waals surface area contributed by atoms with Crippen molar-refractivity contribution in [3.63, 3.8) is 0 Å². The Bertz CT molecular complexity index is 760. The molecule has 138 valence electrons. The molecule has 1 N–H and O–H groups in total. The van der Waals surface area contributed by atoms with E-state index in [0.29, 0.717) is 24.5 Å². The van der Waals surface area contributed by atoms with Crippen LogP contribution in [0.4, 0.5) is 4.39 Å². The predicted molar refractivity (Wildman–Crippen MR) is 98.2 cm³/mol. The topological polar surface area (TPSA) is 47.6 Å². The summed E-state index contributed by atoms with van der Waals surface area (Å²) in [7, 11) is 1.43. The molecule has 0 aromatic heterocycles. The lowest BCUT2D eigenvalue weighted by Gasteiger charge is -2.08. The quantitative estimate of drug-likeness (QED) is 0.781. The smallest absolute Gasteiger partial charge is 0.220 e. The second-order valence-electron chi connectivity index (χ2n) is 6.45. The highest BCUT2D eigenvalue weighted by atomic mass is 19.1. The fourth-order valence-corrected chi connectivity index (χ4v) is 3.13. The number of carbonyl (C=O) groups is 1. The summed E-state index contributed by atoms with van der Waals surface area (Å²) < 4.78 is 24.5. The molecule has 0 aliphatic heterocycles. The van der Waals surface area contributed by atoms with Gasteiger partial charge in [-0.15, -0.1) is 0 Å². The van der Waals surface area contributed by atoms with Gasteiger partial charge >= 0.3 is 0 Å². The molecule has 5 heteroatoms. The molecule has 0 spiro atoms. The van der Waals surface area contributed by atoms with Gasteiger partial charge in [0.25, 0.3) is 0 Å². The van der Waals surface area contributed by atoms with E-state index in [4.69, 9.17) is 9.47 Å². The van der Waals surface area contributed by atoms with Crippen LogP contribution in [-0.4, -0.2) is 25.7 Å². The van der Waals surface area contributed by atoms with Gasteiger partial charge in [0.1, 0.15) is 5.75 Å². The summed E-state index contributed by atoms with van der Waals surface area (Å²) in [6.45, 7) is 2.60. The first kappa shape index (κ1) is 18.2. The van der Waals surface area contributed by atoms with Crippen LogP contribution in [0.15, 0.2) is 42.5 Å². The Morgan fingerprint density at radius 1 is 1.23 bits per heavy atom. The lowest BCUT2D eigenvalue weighted by atomic mass is 10.1. The first-order valence-electron chi connectivity index (χ1n) is 8.96. The molecule has 1 fully saturated rings. The van der Waals surface area contributed by atoms with Crippen LogP contribution in [0.1, 0.15) is 36.8 Å². The maximum absolute atomic E-state index is 14.1. The van der Waals surface area contributed by atoms with Crippen molar-refractivity contribution in [1.82, 2.24) is 5.32 Å². The van der Waals surface area contributed by atoms with Crippen LogP contribution in [0.3, 0.4) is 0 Å². The van der Waals surface area contributed by atoms with E-state index in [9.17, 15) is 9.18 Å². The van der Waals surface area contributed by atoms with Gasteiger partial charge in [0.2, 0.25) is 5.91 Å². The number of carbonyl (C=O) groups excluding carboxylic acids is 1. The first-order chi connectivity index (χ1) is 12.6. The van der Waals surface area contributed by atoms with Gasteiger partial charge in [-0.25, -0.2) is 4.39 Å². The molecule has 4 nitrogen and oxygen atoms in total. The van der Waals surface area contributed by atoms with E-state index < -0.39 is 0 Å². The van der Waals surface area contributed by atoms with E-state index in [1.165, 1.54) is 12.7 Å². The number of halogens is 1. The molecule has 1 aliphatic carbocycles. The highest BCUT2D eigenvalue weighted by molar-refractivity contribution is 5.77. The van der Waals surface area contributed by atoms with Gasteiger partial charge < -0.3 is 14.8 Å². The van der Waals surface area contributed by atoms with Gasteiger partial charge in [-0.3, -0.25) is 4.79 Å². The summed E-state index contributed by atoms with van der Waals surface area (Å²) in [5, 5.41) is 3.04. The monoisotopic (exact) mass is 357 g/mol. The molecule has 0 unspecified atom stereocenters. The Hall–Kier alpha value is -2.56. The SMILES string of the molecule is CCOc1ccc([C@@H]2C[C@H]2NC(=O)CCc2cccc(OC)c2F)cc1. The van der Waals surface area contributed by atoms with Crippen LogP contribution in [0, 0.1) is 5.82 Å². The lowest BCUT2D eigenvalue weighted by molar-refractivity contribution is -0.121. The number of aryl methyl sites for hydroxylation is 1. The molecule has 3 rings (SSSR count). The Balaban J connectivity index is 1.48. The molecule has 2 aromatic carbocycles. The van der Waals surface area contributed by atoms with Crippen LogP contribution in [0.25, 0.3) is 0 Å². The highest BCUT2D eigenvalue weighted by Crippen LogP contribution is 2.41. The average Bonchev–Trinajstić information content (AvgIpc) is 3.41. The summed E-state index contributed by atoms with van der Waals surface area (Å²) in [6.07, 6.45) is 1.55. The fraction of sp³-hybridized carbons (Fsp3) is 0.381. The Kier molecular flexibility index (Phi) is 5.76. The molecular formula is C21H24FNO3. The third-order valence-corrected chi connectivity index (χ3v) is 4.64. The van der Waals surface area contributed by atoms with Crippen molar-refractivity contribution in [2.45, 2.75) is 38.1 Å². The first-order valence-corrected chi connectivity index (χ1v) is 8.96. The van der Waals surface area contributed by atoms with Gasteiger partial charge in [0.15, 0.2) is 11.6 Å². The van der Waals surface area contributed by atoms with Crippen molar-refractivity contribution >= 4 is 5.91 Å². The molecule has 1 saturated carbocycles. The second kappa shape index (κ2) is 8.21. The molecular weight excluding hydrogens is 333 g/mol. The van der Waals surface area contributed by atoms with Gasteiger partial charge in [0, 0.05) is 18.4 Å². The van der Waals surface area contributed by atoms with Gasteiger partial charge in [-0.05, 0) is 49.1 Å². The maximum atomic E-state index is 14.1. The molecule has 26 heavy (non-hydrogen) atoms. The number of hydrogen-bond donors (Lipinski definition) is 1. The summed E-state index contributed by atoms with van der Waals surface area (Å²) in [6, 6.07) is 13.2. The minimum absolute atomic E-state index is 0.0503. The van der Waals surface area contributed by atoms with Crippen LogP contribution < -0.4 is 14.8 Å².